The maximum atomic E-state index is 14.5. The summed E-state index contributed by atoms with van der Waals surface area (Å²) < 4.78 is 15.4. The van der Waals surface area contributed by atoms with Gasteiger partial charge in [0.1, 0.15) is 17.9 Å². The van der Waals surface area contributed by atoms with E-state index in [0.717, 1.165) is 17.5 Å². The highest BCUT2D eigenvalue weighted by Gasteiger charge is 2.38. The Labute approximate surface area is 287 Å². The number of para-hydroxylation sites is 2. The highest BCUT2D eigenvalue weighted by atomic mass is 35.5. The Balaban J connectivity index is 0.00000468. The number of carbonyl (C=O) groups excluding carboxylic acids is 3. The molecule has 2 atom stereocenters. The molecule has 2 heterocycles. The maximum Gasteiger partial charge on any atom is 0.258 e. The Morgan fingerprint density at radius 3 is 2.39 bits per heavy atom. The van der Waals surface area contributed by atoms with Crippen LogP contribution in [0.3, 0.4) is 0 Å². The molecular weight excluding hydrogens is 647 g/mol. The lowest BCUT2D eigenvalue weighted by atomic mass is 10.1. The Hall–Kier alpha value is -6.08. The fourth-order valence-electron chi connectivity index (χ4n) is 5.68. The second-order valence-electron chi connectivity index (χ2n) is 11.2. The van der Waals surface area contributed by atoms with E-state index < -0.39 is 35.6 Å². The van der Waals surface area contributed by atoms with Crippen molar-refractivity contribution in [1.82, 2.24) is 20.4 Å². The number of amides is 3. The summed E-state index contributed by atoms with van der Waals surface area (Å²) in [6, 6.07) is 26.5. The van der Waals surface area contributed by atoms with Gasteiger partial charge in [0.2, 0.25) is 5.91 Å². The van der Waals surface area contributed by atoms with E-state index in [-0.39, 0.29) is 42.3 Å². The quantitative estimate of drug-likeness (QED) is 0.256. The number of nitriles is 2. The molecule has 6 rings (SSSR count). The molecule has 0 saturated carbocycles. The van der Waals surface area contributed by atoms with E-state index in [4.69, 9.17) is 5.10 Å². The molecule has 49 heavy (non-hydrogen) atoms. The molecule has 1 aliphatic heterocycles. The summed E-state index contributed by atoms with van der Waals surface area (Å²) >= 11 is 0. The molecule has 0 unspecified atom stereocenters. The van der Waals surface area contributed by atoms with Crippen LogP contribution in [0.5, 0.6) is 0 Å². The van der Waals surface area contributed by atoms with Gasteiger partial charge < -0.3 is 20.4 Å². The second-order valence-corrected chi connectivity index (χ2v) is 11.2. The molecule has 0 fully saturated rings. The van der Waals surface area contributed by atoms with Crippen molar-refractivity contribution in [2.24, 2.45) is 0 Å². The zero-order valence-corrected chi connectivity index (χ0v) is 27.2. The van der Waals surface area contributed by atoms with Crippen molar-refractivity contribution in [3.05, 3.63) is 119 Å². The molecule has 5 aromatic rings. The minimum Gasteiger partial charge on any atom is -0.341 e. The third-order valence-corrected chi connectivity index (χ3v) is 8.32. The molecule has 0 spiro atoms. The Kier molecular flexibility index (Phi) is 10.0. The van der Waals surface area contributed by atoms with Crippen molar-refractivity contribution in [3.63, 3.8) is 0 Å². The van der Waals surface area contributed by atoms with E-state index in [9.17, 15) is 29.3 Å². The molecule has 0 bridgehead atoms. The Bertz CT molecular complexity index is 2150. The fourth-order valence-corrected chi connectivity index (χ4v) is 5.68. The SMILES string of the molecule is CN[C@@H](C)C(=O)N[C@H]1CN(C(=O)c2ccc(F)cc2)c2cc(C#N)ccc2N(Cc2nn(-c3ccccc3C#N)c3ccccc23)C1=O.Cl. The van der Waals surface area contributed by atoms with E-state index in [1.54, 1.807) is 55.1 Å². The van der Waals surface area contributed by atoms with Gasteiger partial charge in [0.05, 0.1) is 64.6 Å². The second kappa shape index (κ2) is 14.4. The topological polar surface area (TPSA) is 147 Å². The van der Waals surface area contributed by atoms with Crippen molar-refractivity contribution in [1.29, 1.82) is 10.5 Å². The molecule has 11 nitrogen and oxygen atoms in total. The van der Waals surface area contributed by atoms with Crippen LogP contribution in [-0.4, -0.2) is 53.2 Å². The predicted octanol–water partition coefficient (Wildman–Crippen LogP) is 4.62. The van der Waals surface area contributed by atoms with Crippen LogP contribution in [0.15, 0.2) is 91.0 Å². The van der Waals surface area contributed by atoms with Gasteiger partial charge in [0.25, 0.3) is 11.8 Å². The number of nitrogens with zero attached hydrogens (tertiary/aromatic N) is 6. The number of hydrogen-bond donors (Lipinski definition) is 2. The van der Waals surface area contributed by atoms with Crippen LogP contribution in [0.4, 0.5) is 15.8 Å². The van der Waals surface area contributed by atoms with E-state index in [0.29, 0.717) is 28.1 Å². The lowest BCUT2D eigenvalue weighted by Crippen LogP contribution is -2.55. The van der Waals surface area contributed by atoms with Crippen LogP contribution in [0.25, 0.3) is 16.6 Å². The van der Waals surface area contributed by atoms with Crippen molar-refractivity contribution in [2.45, 2.75) is 25.6 Å². The van der Waals surface area contributed by atoms with Crippen molar-refractivity contribution < 1.29 is 18.8 Å². The molecule has 4 aromatic carbocycles. The summed E-state index contributed by atoms with van der Waals surface area (Å²) in [7, 11) is 1.61. The van der Waals surface area contributed by atoms with Crippen LogP contribution in [0.2, 0.25) is 0 Å². The first-order chi connectivity index (χ1) is 23.2. The van der Waals surface area contributed by atoms with Gasteiger partial charge >= 0.3 is 0 Å². The number of nitrogens with one attached hydrogen (secondary N) is 2. The number of rotatable bonds is 7. The number of aromatic nitrogens is 2. The number of halogens is 2. The van der Waals surface area contributed by atoms with Gasteiger partial charge in [-0.2, -0.15) is 15.6 Å². The first-order valence-electron chi connectivity index (χ1n) is 15.1. The van der Waals surface area contributed by atoms with Gasteiger partial charge in [-0.3, -0.25) is 14.4 Å². The van der Waals surface area contributed by atoms with Crippen LogP contribution in [-0.2, 0) is 16.1 Å². The first kappa shape index (κ1) is 34.3. The van der Waals surface area contributed by atoms with Crippen LogP contribution in [0.1, 0.15) is 34.1 Å². The molecule has 0 radical (unpaired) electrons. The predicted molar refractivity (Wildman–Crippen MR) is 184 cm³/mol. The van der Waals surface area contributed by atoms with Gasteiger partial charge in [0, 0.05) is 10.9 Å². The third kappa shape index (κ3) is 6.56. The average Bonchev–Trinajstić information content (AvgIpc) is 3.44. The van der Waals surface area contributed by atoms with E-state index in [2.05, 4.69) is 22.8 Å². The van der Waals surface area contributed by atoms with Crippen LogP contribution >= 0.6 is 12.4 Å². The Morgan fingerprint density at radius 2 is 1.67 bits per heavy atom. The number of carbonyl (C=O) groups is 3. The molecule has 0 saturated heterocycles. The average molecular weight is 677 g/mol. The van der Waals surface area contributed by atoms with Gasteiger partial charge in [-0.1, -0.05) is 30.3 Å². The van der Waals surface area contributed by atoms with E-state index in [1.807, 2.05) is 24.3 Å². The summed E-state index contributed by atoms with van der Waals surface area (Å²) in [4.78, 5) is 44.5. The monoisotopic (exact) mass is 676 g/mol. The van der Waals surface area contributed by atoms with Gasteiger partial charge in [-0.15, -0.1) is 12.4 Å². The molecule has 0 aliphatic carbocycles. The number of benzene rings is 4. The number of anilines is 2. The maximum absolute atomic E-state index is 14.5. The van der Waals surface area contributed by atoms with Crippen LogP contribution in [0, 0.1) is 28.5 Å². The van der Waals surface area contributed by atoms with Crippen LogP contribution < -0.4 is 20.4 Å². The smallest absolute Gasteiger partial charge is 0.258 e. The summed E-state index contributed by atoms with van der Waals surface area (Å²) in [6.07, 6.45) is 0. The standard InChI is InChI=1S/C36H29FN8O3.ClH/c1-22(40-2)34(46)41-29-21-44(35(47)24-12-14-26(37)15-13-24)33-17-23(18-38)11-16-32(33)43(36(29)48)20-28-27-8-4-6-10-31(27)45(42-28)30-9-5-3-7-25(30)19-39;/h3-17,22,29,40H,20-21H2,1-2H3,(H,41,46);1H/t22-,29-;/m0./s1. The van der Waals surface area contributed by atoms with Crippen molar-refractivity contribution in [2.75, 3.05) is 23.4 Å². The summed E-state index contributed by atoms with van der Waals surface area (Å²) in [5, 5.41) is 30.8. The number of likely N-dealkylation sites (N-methyl/N-ethyl adjacent to an activating group) is 1. The summed E-state index contributed by atoms with van der Waals surface area (Å²) in [6.45, 7) is 1.30. The fraction of sp³-hybridized carbons (Fsp3) is 0.167. The normalized spacial score (nSPS) is 14.6. The molecular formula is C36H30ClFN8O3. The van der Waals surface area contributed by atoms with Gasteiger partial charge in [-0.25, -0.2) is 9.07 Å². The first-order valence-corrected chi connectivity index (χ1v) is 15.1. The Morgan fingerprint density at radius 1 is 0.959 bits per heavy atom. The third-order valence-electron chi connectivity index (χ3n) is 8.32. The number of hydrogen-bond acceptors (Lipinski definition) is 7. The molecule has 1 aromatic heterocycles. The zero-order valence-electron chi connectivity index (χ0n) is 26.4. The van der Waals surface area contributed by atoms with Crippen molar-refractivity contribution in [3.8, 4) is 17.8 Å². The summed E-state index contributed by atoms with van der Waals surface area (Å²) in [5.41, 5.74) is 3.14. The molecule has 246 valence electrons. The van der Waals surface area contributed by atoms with Gasteiger partial charge in [0.15, 0.2) is 0 Å². The lowest BCUT2D eigenvalue weighted by molar-refractivity contribution is -0.128. The minimum atomic E-state index is -1.21. The molecule has 2 N–H and O–H groups in total. The molecule has 13 heteroatoms. The van der Waals surface area contributed by atoms with E-state index >= 15 is 0 Å². The van der Waals surface area contributed by atoms with E-state index in [1.165, 1.54) is 28.0 Å². The minimum absolute atomic E-state index is 0. The molecule has 3 amide bonds. The zero-order chi connectivity index (χ0) is 33.9. The van der Waals surface area contributed by atoms with Gasteiger partial charge in [-0.05, 0) is 74.6 Å². The lowest BCUT2D eigenvalue weighted by Gasteiger charge is -2.26. The number of fused-ring (bicyclic) bond motifs is 2. The highest BCUT2D eigenvalue weighted by Crippen LogP contribution is 2.37. The molecule has 1 aliphatic rings. The highest BCUT2D eigenvalue weighted by molar-refractivity contribution is 6.13. The largest absolute Gasteiger partial charge is 0.341 e. The summed E-state index contributed by atoms with van der Waals surface area (Å²) in [5.74, 6) is -2.05. The van der Waals surface area contributed by atoms with Crippen molar-refractivity contribution >= 4 is 52.4 Å².